The van der Waals surface area contributed by atoms with E-state index in [9.17, 15) is 0 Å². The lowest BCUT2D eigenvalue weighted by Gasteiger charge is -2.07. The summed E-state index contributed by atoms with van der Waals surface area (Å²) < 4.78 is 9.18. The molecular formula is C20H23N7O. The molecule has 4 aromatic rings. The Hall–Kier alpha value is -3.00. The maximum Gasteiger partial charge on any atom is 0.241 e. The molecule has 1 N–H and O–H groups in total. The molecule has 4 heterocycles. The van der Waals surface area contributed by atoms with Gasteiger partial charge in [-0.25, -0.2) is 19.5 Å². The van der Waals surface area contributed by atoms with E-state index in [4.69, 9.17) is 9.72 Å². The minimum atomic E-state index is 0.623. The van der Waals surface area contributed by atoms with Gasteiger partial charge in [-0.3, -0.25) is 0 Å². The number of nitrogens with one attached hydrogen (secondary N) is 1. The first-order chi connectivity index (χ1) is 13.7. The number of aromatic nitrogens is 6. The van der Waals surface area contributed by atoms with Crippen LogP contribution in [0.5, 0.6) is 0 Å². The Kier molecular flexibility index (Phi) is 4.20. The smallest absolute Gasteiger partial charge is 0.241 e. The molecule has 0 amide bonds. The van der Waals surface area contributed by atoms with Gasteiger partial charge in [0, 0.05) is 32.0 Å². The molecule has 1 saturated carbocycles. The Morgan fingerprint density at radius 3 is 2.93 bits per heavy atom. The largest absolute Gasteiger partial charge is 0.383 e. The monoisotopic (exact) mass is 377 g/mol. The number of methoxy groups -OCH3 is 1. The van der Waals surface area contributed by atoms with Crippen molar-refractivity contribution < 1.29 is 4.74 Å². The number of aryl methyl sites for hydroxylation is 1. The predicted molar refractivity (Wildman–Crippen MR) is 107 cm³/mol. The van der Waals surface area contributed by atoms with Crippen molar-refractivity contribution in [2.24, 2.45) is 5.92 Å². The second kappa shape index (κ2) is 6.87. The van der Waals surface area contributed by atoms with Gasteiger partial charge in [0.2, 0.25) is 5.95 Å². The standard InChI is InChI=1S/C20H23N7O/c1-13-23-17-6-5-16(24-19(17)26(13)9-10-28-2)15-7-8-27-18(15)12-22-20(25-27)21-11-14-3-4-14/h5-8,12,14H,3-4,9-11H2,1-2H3,(H,21,25). The van der Waals surface area contributed by atoms with Gasteiger partial charge in [-0.05, 0) is 43.9 Å². The SMILES string of the molecule is COCCn1c(C)nc2ccc(-c3ccn4nc(NCC5CC5)ncc34)nc21. The maximum atomic E-state index is 5.23. The van der Waals surface area contributed by atoms with Gasteiger partial charge < -0.3 is 14.6 Å². The molecular weight excluding hydrogens is 354 g/mol. The Morgan fingerprint density at radius 2 is 2.11 bits per heavy atom. The third-order valence-corrected chi connectivity index (χ3v) is 5.24. The van der Waals surface area contributed by atoms with E-state index in [0.717, 1.165) is 52.8 Å². The Labute approximate surface area is 162 Å². The maximum absolute atomic E-state index is 5.23. The second-order valence-electron chi connectivity index (χ2n) is 7.31. The van der Waals surface area contributed by atoms with Gasteiger partial charge in [-0.2, -0.15) is 0 Å². The summed E-state index contributed by atoms with van der Waals surface area (Å²) in [6, 6.07) is 6.06. The lowest BCUT2D eigenvalue weighted by Crippen LogP contribution is -2.08. The summed E-state index contributed by atoms with van der Waals surface area (Å²) >= 11 is 0. The number of nitrogens with zero attached hydrogens (tertiary/aromatic N) is 6. The van der Waals surface area contributed by atoms with E-state index in [0.29, 0.717) is 12.6 Å². The summed E-state index contributed by atoms with van der Waals surface area (Å²) in [7, 11) is 1.70. The third kappa shape index (κ3) is 3.09. The quantitative estimate of drug-likeness (QED) is 0.533. The molecule has 0 bridgehead atoms. The number of anilines is 1. The summed E-state index contributed by atoms with van der Waals surface area (Å²) in [6.07, 6.45) is 6.42. The average molecular weight is 377 g/mol. The highest BCUT2D eigenvalue weighted by Gasteiger charge is 2.21. The van der Waals surface area contributed by atoms with Crippen LogP contribution < -0.4 is 5.32 Å². The molecule has 1 aliphatic carbocycles. The molecule has 0 atom stereocenters. The van der Waals surface area contributed by atoms with E-state index in [1.165, 1.54) is 12.8 Å². The van der Waals surface area contributed by atoms with Crippen LogP contribution in [-0.2, 0) is 11.3 Å². The number of hydrogen-bond donors (Lipinski definition) is 1. The lowest BCUT2D eigenvalue weighted by atomic mass is 10.2. The Morgan fingerprint density at radius 1 is 1.21 bits per heavy atom. The molecule has 0 radical (unpaired) electrons. The topological polar surface area (TPSA) is 82.2 Å². The van der Waals surface area contributed by atoms with E-state index in [1.54, 1.807) is 7.11 Å². The number of ether oxygens (including phenoxy) is 1. The zero-order chi connectivity index (χ0) is 19.1. The van der Waals surface area contributed by atoms with Crippen LogP contribution in [0.2, 0.25) is 0 Å². The summed E-state index contributed by atoms with van der Waals surface area (Å²) in [5.74, 6) is 2.38. The van der Waals surface area contributed by atoms with Crippen LogP contribution in [0.4, 0.5) is 5.95 Å². The fourth-order valence-electron chi connectivity index (χ4n) is 3.47. The molecule has 1 fully saturated rings. The van der Waals surface area contributed by atoms with Crippen molar-refractivity contribution in [3.05, 3.63) is 36.4 Å². The number of rotatable bonds is 7. The molecule has 1 aliphatic rings. The molecule has 144 valence electrons. The van der Waals surface area contributed by atoms with Gasteiger partial charge in [-0.15, -0.1) is 5.10 Å². The first kappa shape index (κ1) is 17.1. The van der Waals surface area contributed by atoms with E-state index in [1.807, 2.05) is 42.0 Å². The van der Waals surface area contributed by atoms with Gasteiger partial charge in [0.1, 0.15) is 11.3 Å². The number of fused-ring (bicyclic) bond motifs is 2. The zero-order valence-electron chi connectivity index (χ0n) is 16.1. The molecule has 8 heteroatoms. The number of hydrogen-bond acceptors (Lipinski definition) is 6. The van der Waals surface area contributed by atoms with Gasteiger partial charge in [-0.1, -0.05) is 0 Å². The van der Waals surface area contributed by atoms with Gasteiger partial charge in [0.25, 0.3) is 0 Å². The van der Waals surface area contributed by atoms with Crippen LogP contribution in [-0.4, -0.2) is 49.4 Å². The molecule has 28 heavy (non-hydrogen) atoms. The fourth-order valence-corrected chi connectivity index (χ4v) is 3.47. The van der Waals surface area contributed by atoms with Gasteiger partial charge in [0.15, 0.2) is 5.65 Å². The van der Waals surface area contributed by atoms with Crippen molar-refractivity contribution in [1.82, 2.24) is 29.1 Å². The summed E-state index contributed by atoms with van der Waals surface area (Å²) in [4.78, 5) is 14.0. The van der Waals surface area contributed by atoms with Crippen molar-refractivity contribution in [2.75, 3.05) is 25.6 Å². The molecule has 5 rings (SSSR count). The van der Waals surface area contributed by atoms with Crippen molar-refractivity contribution in [3.63, 3.8) is 0 Å². The van der Waals surface area contributed by atoms with Crippen LogP contribution in [0, 0.1) is 12.8 Å². The third-order valence-electron chi connectivity index (χ3n) is 5.24. The normalized spacial score (nSPS) is 14.2. The van der Waals surface area contributed by atoms with Crippen LogP contribution in [0.1, 0.15) is 18.7 Å². The van der Waals surface area contributed by atoms with E-state index in [-0.39, 0.29) is 0 Å². The fraction of sp³-hybridized carbons (Fsp3) is 0.400. The molecule has 0 unspecified atom stereocenters. The van der Waals surface area contributed by atoms with Crippen molar-refractivity contribution in [1.29, 1.82) is 0 Å². The van der Waals surface area contributed by atoms with Crippen molar-refractivity contribution in [3.8, 4) is 11.3 Å². The zero-order valence-corrected chi connectivity index (χ0v) is 16.1. The van der Waals surface area contributed by atoms with E-state index in [2.05, 4.69) is 25.0 Å². The van der Waals surface area contributed by atoms with Crippen LogP contribution in [0.3, 0.4) is 0 Å². The first-order valence-corrected chi connectivity index (χ1v) is 9.64. The first-order valence-electron chi connectivity index (χ1n) is 9.64. The minimum absolute atomic E-state index is 0.623. The second-order valence-corrected chi connectivity index (χ2v) is 7.31. The summed E-state index contributed by atoms with van der Waals surface area (Å²) in [6.45, 7) is 4.29. The van der Waals surface area contributed by atoms with Crippen LogP contribution in [0.25, 0.3) is 27.9 Å². The minimum Gasteiger partial charge on any atom is -0.383 e. The van der Waals surface area contributed by atoms with E-state index < -0.39 is 0 Å². The molecule has 4 aromatic heterocycles. The summed E-state index contributed by atoms with van der Waals surface area (Å²) in [5.41, 5.74) is 4.59. The molecule has 0 aliphatic heterocycles. The molecule has 0 saturated heterocycles. The Bertz CT molecular complexity index is 1140. The number of pyridine rings is 1. The predicted octanol–water partition coefficient (Wildman–Crippen LogP) is 2.92. The highest BCUT2D eigenvalue weighted by molar-refractivity contribution is 5.82. The number of imidazole rings is 1. The molecule has 0 aromatic carbocycles. The average Bonchev–Trinajstić information content (AvgIpc) is 3.36. The summed E-state index contributed by atoms with van der Waals surface area (Å²) in [5, 5.41) is 7.90. The molecule has 0 spiro atoms. The Balaban J connectivity index is 1.50. The van der Waals surface area contributed by atoms with Gasteiger partial charge >= 0.3 is 0 Å². The van der Waals surface area contributed by atoms with Crippen molar-refractivity contribution in [2.45, 2.75) is 26.3 Å². The molecule has 8 nitrogen and oxygen atoms in total. The van der Waals surface area contributed by atoms with Crippen LogP contribution in [0.15, 0.2) is 30.6 Å². The lowest BCUT2D eigenvalue weighted by molar-refractivity contribution is 0.187. The van der Waals surface area contributed by atoms with Crippen molar-refractivity contribution >= 4 is 22.6 Å². The van der Waals surface area contributed by atoms with Crippen LogP contribution >= 0.6 is 0 Å². The highest BCUT2D eigenvalue weighted by atomic mass is 16.5. The van der Waals surface area contributed by atoms with E-state index >= 15 is 0 Å². The van der Waals surface area contributed by atoms with Gasteiger partial charge in [0.05, 0.1) is 24.0 Å². The highest BCUT2D eigenvalue weighted by Crippen LogP contribution is 2.29.